The summed E-state index contributed by atoms with van der Waals surface area (Å²) in [6, 6.07) is 1.67. The first-order chi connectivity index (χ1) is 6.78. The summed E-state index contributed by atoms with van der Waals surface area (Å²) in [5, 5.41) is 2.61. The molecule has 0 radical (unpaired) electrons. The van der Waals surface area contributed by atoms with Crippen molar-refractivity contribution in [3.05, 3.63) is 14.2 Å². The smallest absolute Gasteiger partial charge is 0.412 e. The number of anilines is 1. The summed E-state index contributed by atoms with van der Waals surface area (Å²) in [6.07, 6.45) is -0.488. The van der Waals surface area contributed by atoms with Crippen molar-refractivity contribution >= 4 is 50.6 Å². The van der Waals surface area contributed by atoms with Crippen molar-refractivity contribution in [1.82, 2.24) is 0 Å². The van der Waals surface area contributed by atoms with Gasteiger partial charge in [0.05, 0.1) is 13.8 Å². The van der Waals surface area contributed by atoms with E-state index < -0.39 is 11.7 Å². The molecule has 1 amide bonds. The highest BCUT2D eigenvalue weighted by Crippen LogP contribution is 2.35. The Labute approximate surface area is 106 Å². The molecule has 0 aliphatic rings. The predicted molar refractivity (Wildman–Crippen MR) is 66.9 cm³/mol. The third-order valence-corrected chi connectivity index (χ3v) is 3.26. The van der Waals surface area contributed by atoms with E-state index in [1.807, 2.05) is 20.8 Å². The van der Waals surface area contributed by atoms with Gasteiger partial charge in [-0.2, -0.15) is 0 Å². The van der Waals surface area contributed by atoms with Crippen LogP contribution in [-0.4, -0.2) is 11.7 Å². The van der Waals surface area contributed by atoms with Crippen LogP contribution in [0.15, 0.2) is 9.85 Å². The molecule has 1 aromatic rings. The van der Waals surface area contributed by atoms with Crippen molar-refractivity contribution in [2.45, 2.75) is 26.4 Å². The van der Waals surface area contributed by atoms with E-state index >= 15 is 0 Å². The molecule has 0 bridgehead atoms. The maximum Gasteiger partial charge on any atom is 0.412 e. The van der Waals surface area contributed by atoms with E-state index in [9.17, 15) is 4.79 Å². The molecule has 1 N–H and O–H groups in total. The summed E-state index contributed by atoms with van der Waals surface area (Å²) >= 11 is 10.4. The van der Waals surface area contributed by atoms with Gasteiger partial charge < -0.3 is 4.74 Å². The molecule has 84 valence electrons. The molecule has 1 aromatic heterocycles. The van der Waals surface area contributed by atoms with Crippen LogP contribution in [0.1, 0.15) is 20.8 Å². The van der Waals surface area contributed by atoms with Crippen molar-refractivity contribution in [2.75, 3.05) is 5.32 Å². The lowest BCUT2D eigenvalue weighted by molar-refractivity contribution is 0.0636. The molecule has 0 unspecified atom stereocenters. The quantitative estimate of drug-likeness (QED) is 0.828. The van der Waals surface area contributed by atoms with E-state index in [0.29, 0.717) is 10.0 Å². The topological polar surface area (TPSA) is 38.3 Å². The van der Waals surface area contributed by atoms with Gasteiger partial charge in [-0.15, -0.1) is 11.3 Å². The van der Waals surface area contributed by atoms with Gasteiger partial charge >= 0.3 is 6.09 Å². The minimum atomic E-state index is -0.504. The van der Waals surface area contributed by atoms with Crippen LogP contribution in [-0.2, 0) is 4.74 Å². The molecule has 1 heterocycles. The fourth-order valence-corrected chi connectivity index (χ4v) is 2.76. The average Bonchev–Trinajstić information content (AvgIpc) is 2.25. The van der Waals surface area contributed by atoms with Crippen molar-refractivity contribution in [1.29, 1.82) is 0 Å². The number of carbonyl (C=O) groups excluding carboxylic acids is 1. The lowest BCUT2D eigenvalue weighted by Crippen LogP contribution is -2.27. The Morgan fingerprint density at radius 3 is 2.60 bits per heavy atom. The highest BCUT2D eigenvalue weighted by atomic mass is 79.9. The van der Waals surface area contributed by atoms with Crippen LogP contribution in [0.3, 0.4) is 0 Å². The molecule has 3 nitrogen and oxygen atoms in total. The third-order valence-electron chi connectivity index (χ3n) is 1.29. The molecule has 0 spiro atoms. The zero-order valence-corrected chi connectivity index (χ0v) is 11.7. The molecule has 0 atom stereocenters. The SMILES string of the molecule is CC(C)(C)OC(=O)Nc1cc(Cl)sc1Br. The molecular formula is C9H11BrClNO2S. The number of ether oxygens (including phenoxy) is 1. The van der Waals surface area contributed by atoms with Gasteiger partial charge in [-0.1, -0.05) is 11.6 Å². The molecule has 0 aromatic carbocycles. The van der Waals surface area contributed by atoms with Crippen LogP contribution in [0.2, 0.25) is 4.34 Å². The molecule has 1 rings (SSSR count). The van der Waals surface area contributed by atoms with Gasteiger partial charge in [0.25, 0.3) is 0 Å². The molecule has 0 fully saturated rings. The van der Waals surface area contributed by atoms with Crippen molar-refractivity contribution < 1.29 is 9.53 Å². The fourth-order valence-electron chi connectivity index (χ4n) is 0.839. The molecule has 0 saturated carbocycles. The number of rotatable bonds is 1. The van der Waals surface area contributed by atoms with Gasteiger partial charge in [-0.25, -0.2) is 4.79 Å². The molecule has 0 aliphatic carbocycles. The Kier molecular flexibility index (Phi) is 4.03. The first kappa shape index (κ1) is 12.8. The number of hydrogen-bond acceptors (Lipinski definition) is 3. The standard InChI is InChI=1S/C9H11BrClNO2S/c1-9(2,3)14-8(13)12-5-4-6(11)15-7(5)10/h4H,1-3H3,(H,12,13). The van der Waals surface area contributed by atoms with E-state index in [-0.39, 0.29) is 0 Å². The maximum atomic E-state index is 11.4. The minimum absolute atomic E-state index is 0.488. The summed E-state index contributed by atoms with van der Waals surface area (Å²) in [5.41, 5.74) is 0.121. The second-order valence-electron chi connectivity index (χ2n) is 3.86. The van der Waals surface area contributed by atoms with Gasteiger partial charge in [0.15, 0.2) is 0 Å². The molecule has 0 aliphatic heterocycles. The Balaban J connectivity index is 2.63. The minimum Gasteiger partial charge on any atom is -0.444 e. The van der Waals surface area contributed by atoms with Gasteiger partial charge in [0.2, 0.25) is 0 Å². The summed E-state index contributed by atoms with van der Waals surface area (Å²) in [7, 11) is 0. The molecule has 15 heavy (non-hydrogen) atoms. The number of carbonyl (C=O) groups is 1. The zero-order valence-electron chi connectivity index (χ0n) is 8.56. The maximum absolute atomic E-state index is 11.4. The summed E-state index contributed by atoms with van der Waals surface area (Å²) in [4.78, 5) is 11.4. The van der Waals surface area contributed by atoms with Crippen LogP contribution in [0.5, 0.6) is 0 Å². The molecule has 6 heteroatoms. The Hall–Kier alpha value is -0.260. The first-order valence-corrected chi connectivity index (χ1v) is 6.21. The van der Waals surface area contributed by atoms with Gasteiger partial charge in [-0.3, -0.25) is 5.32 Å². The lowest BCUT2D eigenvalue weighted by Gasteiger charge is -2.19. The average molecular weight is 313 g/mol. The van der Waals surface area contributed by atoms with Gasteiger partial charge in [-0.05, 0) is 42.8 Å². The monoisotopic (exact) mass is 311 g/mol. The third kappa shape index (κ3) is 4.40. The van der Waals surface area contributed by atoms with Crippen molar-refractivity contribution in [2.24, 2.45) is 0 Å². The van der Waals surface area contributed by atoms with Crippen LogP contribution in [0, 0.1) is 0 Å². The number of nitrogens with one attached hydrogen (secondary N) is 1. The van der Waals surface area contributed by atoms with Crippen molar-refractivity contribution in [3.63, 3.8) is 0 Å². The molecule has 0 saturated heterocycles. The Bertz CT molecular complexity index is 373. The summed E-state index contributed by atoms with van der Waals surface area (Å²) in [6.45, 7) is 5.42. The normalized spacial score (nSPS) is 11.3. The largest absolute Gasteiger partial charge is 0.444 e. The Morgan fingerprint density at radius 1 is 1.60 bits per heavy atom. The van der Waals surface area contributed by atoms with Gasteiger partial charge in [0, 0.05) is 0 Å². The van der Waals surface area contributed by atoms with E-state index in [1.165, 1.54) is 11.3 Å². The lowest BCUT2D eigenvalue weighted by atomic mass is 10.2. The highest BCUT2D eigenvalue weighted by molar-refractivity contribution is 9.11. The van der Waals surface area contributed by atoms with Gasteiger partial charge in [0.1, 0.15) is 5.60 Å². The second-order valence-corrected chi connectivity index (χ2v) is 6.87. The van der Waals surface area contributed by atoms with Crippen LogP contribution >= 0.6 is 38.9 Å². The zero-order chi connectivity index (χ0) is 11.6. The fraction of sp³-hybridized carbons (Fsp3) is 0.444. The van der Waals surface area contributed by atoms with Crippen LogP contribution in [0.25, 0.3) is 0 Å². The first-order valence-electron chi connectivity index (χ1n) is 4.23. The highest BCUT2D eigenvalue weighted by Gasteiger charge is 2.17. The van der Waals surface area contributed by atoms with Crippen LogP contribution < -0.4 is 5.32 Å². The van der Waals surface area contributed by atoms with Crippen molar-refractivity contribution in [3.8, 4) is 0 Å². The number of amides is 1. The second kappa shape index (κ2) is 4.72. The van der Waals surface area contributed by atoms with E-state index in [2.05, 4.69) is 21.2 Å². The summed E-state index contributed by atoms with van der Waals surface area (Å²) in [5.74, 6) is 0. The summed E-state index contributed by atoms with van der Waals surface area (Å²) < 4.78 is 6.48. The number of hydrogen-bond donors (Lipinski definition) is 1. The Morgan fingerprint density at radius 2 is 2.20 bits per heavy atom. The van der Waals surface area contributed by atoms with E-state index in [4.69, 9.17) is 16.3 Å². The number of thiophene rings is 1. The number of halogens is 2. The van der Waals surface area contributed by atoms with Crippen LogP contribution in [0.4, 0.5) is 10.5 Å². The van der Waals surface area contributed by atoms with E-state index in [1.54, 1.807) is 6.07 Å². The van der Waals surface area contributed by atoms with E-state index in [0.717, 1.165) is 3.79 Å². The predicted octanol–water partition coefficient (Wildman–Crippen LogP) is 4.51. The molecular weight excluding hydrogens is 302 g/mol.